The van der Waals surface area contributed by atoms with E-state index in [1.165, 1.54) is 44.9 Å². The molecule has 0 spiro atoms. The summed E-state index contributed by atoms with van der Waals surface area (Å²) < 4.78 is 2.04. The van der Waals surface area contributed by atoms with Crippen molar-refractivity contribution in [1.29, 1.82) is 0 Å². The highest BCUT2D eigenvalue weighted by Gasteiger charge is 2.29. The number of hydrogen-bond acceptors (Lipinski definition) is 2. The van der Waals surface area contributed by atoms with Crippen LogP contribution in [0.15, 0.2) is 6.07 Å². The third-order valence-corrected chi connectivity index (χ3v) is 4.36. The maximum Gasteiger partial charge on any atom is 0.122 e. The second kappa shape index (κ2) is 8.75. The molecule has 3 nitrogen and oxygen atoms in total. The molecule has 0 atom stereocenters. The van der Waals surface area contributed by atoms with Gasteiger partial charge in [0.2, 0.25) is 0 Å². The first-order valence-corrected chi connectivity index (χ1v) is 9.50. The second-order valence-electron chi connectivity index (χ2n) is 8.89. The summed E-state index contributed by atoms with van der Waals surface area (Å²) in [6, 6.07) is 2.07. The fourth-order valence-corrected chi connectivity index (χ4v) is 3.69. The first kappa shape index (κ1) is 20.1. The average molecular weight is 322 g/mol. The molecule has 2 N–H and O–H groups in total. The molecule has 0 bridgehead atoms. The molecule has 1 rings (SSSR count). The predicted octanol–water partition coefficient (Wildman–Crippen LogP) is 5.93. The van der Waals surface area contributed by atoms with Gasteiger partial charge in [-0.3, -0.25) is 0 Å². The summed E-state index contributed by atoms with van der Waals surface area (Å²) in [6.45, 7) is 13.6. The molecule has 0 aromatic carbocycles. The molecule has 0 radical (unpaired) electrons. The predicted molar refractivity (Wildman–Crippen MR) is 102 cm³/mol. The molecule has 0 aliphatic rings. The number of nitrogens with two attached hydrogens (primary N) is 1. The van der Waals surface area contributed by atoms with Gasteiger partial charge in [0, 0.05) is 6.07 Å². The minimum Gasteiger partial charge on any atom is -0.384 e. The third-order valence-electron chi connectivity index (χ3n) is 4.36. The molecular weight excluding hydrogens is 282 g/mol. The number of aromatic nitrogens is 2. The van der Waals surface area contributed by atoms with Crippen molar-refractivity contribution in [3.63, 3.8) is 0 Å². The lowest BCUT2D eigenvalue weighted by Gasteiger charge is -2.33. The zero-order chi connectivity index (χ0) is 17.5. The molecule has 23 heavy (non-hydrogen) atoms. The second-order valence-corrected chi connectivity index (χ2v) is 8.89. The van der Waals surface area contributed by atoms with Gasteiger partial charge in [-0.25, -0.2) is 4.68 Å². The van der Waals surface area contributed by atoms with Crippen molar-refractivity contribution in [2.45, 2.75) is 105 Å². The van der Waals surface area contributed by atoms with Crippen molar-refractivity contribution in [3.05, 3.63) is 11.8 Å². The zero-order valence-corrected chi connectivity index (χ0v) is 16.4. The van der Waals surface area contributed by atoms with Gasteiger partial charge >= 0.3 is 0 Å². The van der Waals surface area contributed by atoms with E-state index >= 15 is 0 Å². The Balaban J connectivity index is 2.48. The van der Waals surface area contributed by atoms with E-state index in [-0.39, 0.29) is 11.0 Å². The maximum atomic E-state index is 6.23. The number of unbranched alkanes of at least 4 members (excludes halogenated alkanes) is 6. The van der Waals surface area contributed by atoms with Gasteiger partial charge in [-0.2, -0.15) is 5.10 Å². The molecule has 1 aromatic rings. The summed E-state index contributed by atoms with van der Waals surface area (Å²) in [5.41, 5.74) is 7.61. The topological polar surface area (TPSA) is 43.8 Å². The molecule has 0 fully saturated rings. The highest BCUT2D eigenvalue weighted by atomic mass is 15.3. The van der Waals surface area contributed by atoms with Crippen LogP contribution in [-0.2, 0) is 12.0 Å². The molecule has 0 saturated heterocycles. The van der Waals surface area contributed by atoms with Crippen LogP contribution in [0.3, 0.4) is 0 Å². The van der Waals surface area contributed by atoms with Crippen molar-refractivity contribution in [3.8, 4) is 0 Å². The lowest BCUT2D eigenvalue weighted by atomic mass is 9.82. The Kier molecular flexibility index (Phi) is 7.63. The van der Waals surface area contributed by atoms with E-state index in [4.69, 9.17) is 10.8 Å². The Bertz CT molecular complexity index is 452. The Labute approximate surface area is 144 Å². The van der Waals surface area contributed by atoms with Crippen LogP contribution in [-0.4, -0.2) is 9.78 Å². The van der Waals surface area contributed by atoms with Crippen LogP contribution in [0.2, 0.25) is 0 Å². The Morgan fingerprint density at radius 3 is 2.09 bits per heavy atom. The summed E-state index contributed by atoms with van der Waals surface area (Å²) in [6.07, 6.45) is 11.5. The summed E-state index contributed by atoms with van der Waals surface area (Å²) >= 11 is 0. The van der Waals surface area contributed by atoms with Gasteiger partial charge in [0.25, 0.3) is 0 Å². The fourth-order valence-electron chi connectivity index (χ4n) is 3.69. The molecule has 0 aliphatic carbocycles. The number of nitrogens with zero attached hydrogens (tertiary/aromatic N) is 2. The van der Waals surface area contributed by atoms with Crippen LogP contribution >= 0.6 is 0 Å². The molecular formula is C20H39N3. The van der Waals surface area contributed by atoms with E-state index in [2.05, 4.69) is 47.6 Å². The number of anilines is 1. The molecule has 134 valence electrons. The normalized spacial score (nSPS) is 12.8. The highest BCUT2D eigenvalue weighted by molar-refractivity contribution is 5.32. The van der Waals surface area contributed by atoms with Gasteiger partial charge in [-0.05, 0) is 38.5 Å². The molecule has 3 heteroatoms. The van der Waals surface area contributed by atoms with E-state index in [0.29, 0.717) is 0 Å². The van der Waals surface area contributed by atoms with Gasteiger partial charge in [0.1, 0.15) is 5.82 Å². The van der Waals surface area contributed by atoms with Gasteiger partial charge in [-0.1, -0.05) is 66.2 Å². The zero-order valence-electron chi connectivity index (χ0n) is 16.4. The van der Waals surface area contributed by atoms with Crippen LogP contribution in [0.5, 0.6) is 0 Å². The van der Waals surface area contributed by atoms with Gasteiger partial charge in [-0.15, -0.1) is 0 Å². The summed E-state index contributed by atoms with van der Waals surface area (Å²) in [7, 11) is 0. The number of nitrogen functional groups attached to an aromatic ring is 1. The van der Waals surface area contributed by atoms with Crippen molar-refractivity contribution < 1.29 is 0 Å². The van der Waals surface area contributed by atoms with Crippen LogP contribution in [0.1, 0.15) is 98.6 Å². The molecule has 1 aromatic heterocycles. The lowest BCUT2D eigenvalue weighted by molar-refractivity contribution is 0.200. The smallest absolute Gasteiger partial charge is 0.122 e. The van der Waals surface area contributed by atoms with E-state index in [0.717, 1.165) is 24.4 Å². The van der Waals surface area contributed by atoms with Crippen LogP contribution in [0.4, 0.5) is 5.82 Å². The fraction of sp³-hybridized carbons (Fsp3) is 0.850. The third kappa shape index (κ3) is 7.41. The number of rotatable bonds is 10. The lowest BCUT2D eigenvalue weighted by Crippen LogP contribution is -2.33. The van der Waals surface area contributed by atoms with E-state index in [1.54, 1.807) is 0 Å². The van der Waals surface area contributed by atoms with E-state index in [1.807, 2.05) is 4.68 Å². The van der Waals surface area contributed by atoms with Crippen molar-refractivity contribution in [2.75, 3.05) is 5.73 Å². The first-order chi connectivity index (χ1) is 10.7. The van der Waals surface area contributed by atoms with Gasteiger partial charge < -0.3 is 5.73 Å². The number of hydrogen-bond donors (Lipinski definition) is 1. The standard InChI is InChI=1S/C20H39N3/c1-7-8-9-10-11-12-13-14-17-15-18(21)23(22-17)20(5,6)16-19(2,3)4/h15H,7-14,16,21H2,1-6H3. The van der Waals surface area contributed by atoms with Crippen molar-refractivity contribution in [2.24, 2.45) is 5.41 Å². The minimum absolute atomic E-state index is 0.0409. The van der Waals surface area contributed by atoms with Gasteiger partial charge in [0.15, 0.2) is 0 Å². The largest absolute Gasteiger partial charge is 0.384 e. The molecule has 0 aliphatic heterocycles. The molecule has 0 saturated carbocycles. The van der Waals surface area contributed by atoms with Crippen LogP contribution < -0.4 is 5.73 Å². The monoisotopic (exact) mass is 321 g/mol. The van der Waals surface area contributed by atoms with Crippen molar-refractivity contribution in [1.82, 2.24) is 9.78 Å². The Morgan fingerprint density at radius 1 is 0.957 bits per heavy atom. The van der Waals surface area contributed by atoms with Crippen molar-refractivity contribution >= 4 is 5.82 Å². The SMILES string of the molecule is CCCCCCCCCc1cc(N)n(C(C)(C)CC(C)(C)C)n1. The summed E-state index contributed by atoms with van der Waals surface area (Å²) in [5.74, 6) is 0.803. The van der Waals surface area contributed by atoms with Crippen LogP contribution in [0.25, 0.3) is 0 Å². The molecule has 0 unspecified atom stereocenters. The summed E-state index contributed by atoms with van der Waals surface area (Å²) in [5, 5.41) is 4.80. The number of aryl methyl sites for hydroxylation is 1. The summed E-state index contributed by atoms with van der Waals surface area (Å²) in [4.78, 5) is 0. The van der Waals surface area contributed by atoms with E-state index < -0.39 is 0 Å². The average Bonchev–Trinajstić information content (AvgIpc) is 2.77. The molecule has 0 amide bonds. The Hall–Kier alpha value is -0.990. The highest BCUT2D eigenvalue weighted by Crippen LogP contribution is 2.33. The maximum absolute atomic E-state index is 6.23. The Morgan fingerprint density at radius 2 is 1.52 bits per heavy atom. The minimum atomic E-state index is -0.0409. The molecule has 1 heterocycles. The quantitative estimate of drug-likeness (QED) is 0.543. The van der Waals surface area contributed by atoms with Gasteiger partial charge in [0.05, 0.1) is 11.2 Å². The van der Waals surface area contributed by atoms with Crippen LogP contribution in [0, 0.1) is 5.41 Å². The first-order valence-electron chi connectivity index (χ1n) is 9.50. The van der Waals surface area contributed by atoms with E-state index in [9.17, 15) is 0 Å².